The van der Waals surface area contributed by atoms with Gasteiger partial charge in [0.05, 0.1) is 17.8 Å². The maximum atomic E-state index is 14.7. The lowest BCUT2D eigenvalue weighted by Crippen LogP contribution is -2.07. The predicted octanol–water partition coefficient (Wildman–Crippen LogP) is 7.53. The SMILES string of the molecule is O=S([O-])Cc1ccc(Cc2cccc(-c3c4cccc(C(F)(F)F)c4nn3Cc3ccc(Cl)cc3F)c2)cc1. The lowest BCUT2D eigenvalue weighted by Gasteiger charge is -2.11. The zero-order chi connectivity index (χ0) is 27.7. The van der Waals surface area contributed by atoms with Gasteiger partial charge in [0.2, 0.25) is 0 Å². The van der Waals surface area contributed by atoms with E-state index >= 15 is 0 Å². The van der Waals surface area contributed by atoms with Gasteiger partial charge < -0.3 is 4.55 Å². The summed E-state index contributed by atoms with van der Waals surface area (Å²) < 4.78 is 79.5. The highest BCUT2D eigenvalue weighted by Gasteiger charge is 2.34. The van der Waals surface area contributed by atoms with Gasteiger partial charge in [-0.1, -0.05) is 83.3 Å². The van der Waals surface area contributed by atoms with Crippen molar-refractivity contribution in [3.63, 3.8) is 0 Å². The Kier molecular flexibility index (Phi) is 7.57. The van der Waals surface area contributed by atoms with Crippen LogP contribution in [0.25, 0.3) is 22.2 Å². The molecule has 0 aliphatic carbocycles. The lowest BCUT2D eigenvalue weighted by atomic mass is 9.99. The third-order valence-corrected chi connectivity index (χ3v) is 7.13. The molecule has 0 radical (unpaired) electrons. The summed E-state index contributed by atoms with van der Waals surface area (Å²) in [6.07, 6.45) is -4.10. The molecule has 4 aromatic carbocycles. The lowest BCUT2D eigenvalue weighted by molar-refractivity contribution is -0.136. The summed E-state index contributed by atoms with van der Waals surface area (Å²) >= 11 is 3.70. The van der Waals surface area contributed by atoms with Crippen LogP contribution in [0, 0.1) is 5.82 Å². The number of hydrogen-bond donors (Lipinski definition) is 0. The van der Waals surface area contributed by atoms with Crippen molar-refractivity contribution in [3.8, 4) is 11.3 Å². The van der Waals surface area contributed by atoms with Crippen LogP contribution in [-0.4, -0.2) is 18.5 Å². The van der Waals surface area contributed by atoms with Crippen LogP contribution in [0.1, 0.15) is 27.8 Å². The summed E-state index contributed by atoms with van der Waals surface area (Å²) in [5, 5.41) is 4.82. The van der Waals surface area contributed by atoms with Crippen molar-refractivity contribution in [3.05, 3.63) is 124 Å². The average Bonchev–Trinajstić information content (AvgIpc) is 3.24. The fourth-order valence-corrected chi connectivity index (χ4v) is 5.19. The van der Waals surface area contributed by atoms with E-state index in [4.69, 9.17) is 11.6 Å². The molecule has 1 atom stereocenters. The highest BCUT2D eigenvalue weighted by molar-refractivity contribution is 7.78. The molecule has 0 aliphatic heterocycles. The first-order chi connectivity index (χ1) is 18.6. The molecule has 1 unspecified atom stereocenters. The minimum Gasteiger partial charge on any atom is -0.772 e. The van der Waals surface area contributed by atoms with Gasteiger partial charge in [0.15, 0.2) is 0 Å². The summed E-state index contributed by atoms with van der Waals surface area (Å²) in [6, 6.07) is 22.6. The molecule has 39 heavy (non-hydrogen) atoms. The highest BCUT2D eigenvalue weighted by Crippen LogP contribution is 2.38. The standard InChI is InChI=1S/C29H21ClF4N2O2S/c30-23-12-11-22(26(31)15-23)16-36-28(24-5-2-6-25(27(24)35-36)29(32,33)34)21-4-1-3-20(14-21)13-18-7-9-19(10-8-18)17-39(37)38/h1-12,14-15H,13,16-17H2,(H,37,38)/p-1. The second-order valence-electron chi connectivity index (χ2n) is 9.08. The first-order valence-electron chi connectivity index (χ1n) is 11.8. The molecule has 0 amide bonds. The number of halogens is 5. The van der Waals surface area contributed by atoms with Crippen LogP contribution in [-0.2, 0) is 36.0 Å². The molecule has 0 saturated heterocycles. The number of hydrogen-bond acceptors (Lipinski definition) is 3. The number of fused-ring (bicyclic) bond motifs is 1. The van der Waals surface area contributed by atoms with Gasteiger partial charge in [-0.05, 0) is 47.4 Å². The summed E-state index contributed by atoms with van der Waals surface area (Å²) in [5.41, 5.74) is 2.70. The second-order valence-corrected chi connectivity index (χ2v) is 10.4. The predicted molar refractivity (Wildman–Crippen MR) is 143 cm³/mol. The Hall–Kier alpha value is -3.53. The van der Waals surface area contributed by atoms with E-state index in [0.29, 0.717) is 28.6 Å². The van der Waals surface area contributed by atoms with Crippen molar-refractivity contribution in [2.75, 3.05) is 0 Å². The summed E-state index contributed by atoms with van der Waals surface area (Å²) in [6.45, 7) is -0.100. The number of aromatic nitrogens is 2. The molecule has 10 heteroatoms. The number of rotatable bonds is 7. The van der Waals surface area contributed by atoms with E-state index < -0.39 is 28.6 Å². The van der Waals surface area contributed by atoms with Crippen LogP contribution < -0.4 is 0 Å². The molecule has 0 spiro atoms. The van der Waals surface area contributed by atoms with Gasteiger partial charge in [-0.3, -0.25) is 8.89 Å². The van der Waals surface area contributed by atoms with E-state index in [1.165, 1.54) is 22.9 Å². The third kappa shape index (κ3) is 6.06. The number of benzene rings is 4. The molecule has 1 aromatic heterocycles. The van der Waals surface area contributed by atoms with E-state index in [1.54, 1.807) is 30.3 Å². The van der Waals surface area contributed by atoms with Gasteiger partial charge >= 0.3 is 6.18 Å². The van der Waals surface area contributed by atoms with Crippen LogP contribution >= 0.6 is 11.6 Å². The van der Waals surface area contributed by atoms with Crippen molar-refractivity contribution < 1.29 is 26.3 Å². The molecule has 5 rings (SSSR count). The Morgan fingerprint density at radius 3 is 2.31 bits per heavy atom. The minimum absolute atomic E-state index is 0.0685. The molecule has 0 bridgehead atoms. The molecular weight excluding hydrogens is 552 g/mol. The Morgan fingerprint density at radius 2 is 1.62 bits per heavy atom. The fraction of sp³-hybridized carbons (Fsp3) is 0.138. The van der Waals surface area contributed by atoms with Crippen molar-refractivity contribution in [1.29, 1.82) is 0 Å². The van der Waals surface area contributed by atoms with Gasteiger partial charge in [-0.2, -0.15) is 18.3 Å². The van der Waals surface area contributed by atoms with Gasteiger partial charge in [0.25, 0.3) is 0 Å². The highest BCUT2D eigenvalue weighted by atomic mass is 35.5. The molecule has 0 fully saturated rings. The molecule has 1 heterocycles. The monoisotopic (exact) mass is 571 g/mol. The smallest absolute Gasteiger partial charge is 0.418 e. The Bertz CT molecular complexity index is 1680. The van der Waals surface area contributed by atoms with Gasteiger partial charge in [0, 0.05) is 27.3 Å². The number of nitrogens with zero attached hydrogens (tertiary/aromatic N) is 2. The first kappa shape index (κ1) is 27.1. The van der Waals surface area contributed by atoms with Gasteiger partial charge in [0.1, 0.15) is 11.3 Å². The van der Waals surface area contributed by atoms with Crippen molar-refractivity contribution in [2.45, 2.75) is 24.9 Å². The van der Waals surface area contributed by atoms with Crippen molar-refractivity contribution in [1.82, 2.24) is 9.78 Å². The largest absolute Gasteiger partial charge is 0.772 e. The van der Waals surface area contributed by atoms with Crippen LogP contribution in [0.15, 0.2) is 84.9 Å². The Labute approximate surface area is 229 Å². The summed E-state index contributed by atoms with van der Waals surface area (Å²) in [7, 11) is 0. The molecule has 200 valence electrons. The maximum absolute atomic E-state index is 14.7. The van der Waals surface area contributed by atoms with Crippen molar-refractivity contribution >= 4 is 33.6 Å². The Morgan fingerprint density at radius 1 is 0.897 bits per heavy atom. The van der Waals surface area contributed by atoms with E-state index in [1.807, 2.05) is 24.3 Å². The Balaban J connectivity index is 1.58. The molecule has 0 aliphatic rings. The van der Waals surface area contributed by atoms with E-state index in [-0.39, 0.29) is 28.4 Å². The van der Waals surface area contributed by atoms with E-state index in [2.05, 4.69) is 5.10 Å². The minimum atomic E-state index is -4.62. The van der Waals surface area contributed by atoms with Gasteiger partial charge in [-0.15, -0.1) is 0 Å². The normalized spacial score (nSPS) is 12.7. The van der Waals surface area contributed by atoms with Crippen LogP contribution in [0.2, 0.25) is 5.02 Å². The summed E-state index contributed by atoms with van der Waals surface area (Å²) in [5.74, 6) is -0.650. The topological polar surface area (TPSA) is 57.9 Å². The average molecular weight is 572 g/mol. The zero-order valence-electron chi connectivity index (χ0n) is 20.2. The van der Waals surface area contributed by atoms with E-state index in [9.17, 15) is 26.3 Å². The quantitative estimate of drug-likeness (QED) is 0.150. The first-order valence-corrected chi connectivity index (χ1v) is 13.4. The third-order valence-electron chi connectivity index (χ3n) is 6.33. The van der Waals surface area contributed by atoms with E-state index in [0.717, 1.165) is 23.3 Å². The van der Waals surface area contributed by atoms with Crippen LogP contribution in [0.3, 0.4) is 0 Å². The van der Waals surface area contributed by atoms with Crippen LogP contribution in [0.4, 0.5) is 17.6 Å². The molecule has 0 saturated carbocycles. The molecule has 0 N–H and O–H groups in total. The van der Waals surface area contributed by atoms with Crippen LogP contribution in [0.5, 0.6) is 0 Å². The van der Waals surface area contributed by atoms with Crippen molar-refractivity contribution in [2.24, 2.45) is 0 Å². The second kappa shape index (κ2) is 10.9. The number of alkyl halides is 3. The molecule has 5 aromatic rings. The van der Waals surface area contributed by atoms with Gasteiger partial charge in [-0.25, -0.2) is 4.39 Å². The molecular formula is C29H20ClF4N2O2S-. The fourth-order valence-electron chi connectivity index (χ4n) is 4.56. The summed E-state index contributed by atoms with van der Waals surface area (Å²) in [4.78, 5) is 0. The maximum Gasteiger partial charge on any atom is 0.418 e. The molecule has 4 nitrogen and oxygen atoms in total. The zero-order valence-corrected chi connectivity index (χ0v) is 21.8.